The second-order valence-electron chi connectivity index (χ2n) is 5.61. The van der Waals surface area contributed by atoms with Crippen LogP contribution in [0.15, 0.2) is 79.0 Å². The van der Waals surface area contributed by atoms with E-state index in [-0.39, 0.29) is 18.3 Å². The van der Waals surface area contributed by atoms with Gasteiger partial charge in [0.25, 0.3) is 5.91 Å². The number of carbonyl (C=O) groups excluding carboxylic acids is 2. The van der Waals surface area contributed by atoms with Gasteiger partial charge in [-0.05, 0) is 36.4 Å². The predicted octanol–water partition coefficient (Wildman–Crippen LogP) is 3.01. The molecule has 1 heterocycles. The molecule has 130 valence electrons. The largest absolute Gasteiger partial charge is 0.484 e. The van der Waals surface area contributed by atoms with Gasteiger partial charge < -0.3 is 10.1 Å². The molecule has 0 radical (unpaired) electrons. The third kappa shape index (κ3) is 4.77. The summed E-state index contributed by atoms with van der Waals surface area (Å²) in [6.07, 6.45) is 1.68. The maximum atomic E-state index is 12.3. The number of ketones is 1. The number of nitrogens with zero attached hydrogens (tertiary/aromatic N) is 1. The van der Waals surface area contributed by atoms with Gasteiger partial charge in [-0.2, -0.15) is 0 Å². The number of amides is 1. The van der Waals surface area contributed by atoms with Crippen molar-refractivity contribution in [3.05, 3.63) is 95.8 Å². The van der Waals surface area contributed by atoms with E-state index in [0.717, 1.165) is 5.69 Å². The molecule has 2 aromatic carbocycles. The second-order valence-corrected chi connectivity index (χ2v) is 5.61. The Morgan fingerprint density at radius 2 is 1.54 bits per heavy atom. The highest BCUT2D eigenvalue weighted by Gasteiger charge is 2.09. The minimum Gasteiger partial charge on any atom is -0.484 e. The van der Waals surface area contributed by atoms with Crippen LogP contribution in [0.4, 0.5) is 0 Å². The molecule has 3 aromatic rings. The molecule has 1 N–H and O–H groups in total. The first-order chi connectivity index (χ1) is 12.7. The molecule has 5 nitrogen and oxygen atoms in total. The molecule has 0 atom stereocenters. The summed E-state index contributed by atoms with van der Waals surface area (Å²) in [6.45, 7) is 0.256. The van der Waals surface area contributed by atoms with Crippen LogP contribution in [0.25, 0.3) is 0 Å². The lowest BCUT2D eigenvalue weighted by molar-refractivity contribution is -0.123. The van der Waals surface area contributed by atoms with Crippen molar-refractivity contribution in [1.82, 2.24) is 10.3 Å². The average Bonchev–Trinajstić information content (AvgIpc) is 2.72. The van der Waals surface area contributed by atoms with Gasteiger partial charge in [0.05, 0.1) is 12.2 Å². The summed E-state index contributed by atoms with van der Waals surface area (Å²) in [5.41, 5.74) is 1.99. The molecule has 0 saturated carbocycles. The maximum Gasteiger partial charge on any atom is 0.258 e. The van der Waals surface area contributed by atoms with Crippen LogP contribution >= 0.6 is 0 Å². The molecule has 1 amide bonds. The van der Waals surface area contributed by atoms with E-state index in [0.29, 0.717) is 23.4 Å². The molecule has 0 fully saturated rings. The number of benzene rings is 2. The van der Waals surface area contributed by atoms with Crippen molar-refractivity contribution in [3.63, 3.8) is 0 Å². The van der Waals surface area contributed by atoms with E-state index in [1.54, 1.807) is 42.6 Å². The van der Waals surface area contributed by atoms with Crippen molar-refractivity contribution in [2.24, 2.45) is 0 Å². The maximum absolute atomic E-state index is 12.3. The Morgan fingerprint density at radius 3 is 2.23 bits per heavy atom. The summed E-state index contributed by atoms with van der Waals surface area (Å²) in [5, 5.41) is 2.74. The highest BCUT2D eigenvalue weighted by Crippen LogP contribution is 2.15. The zero-order valence-electron chi connectivity index (χ0n) is 14.1. The first kappa shape index (κ1) is 17.4. The first-order valence-electron chi connectivity index (χ1n) is 8.21. The molecule has 0 bridgehead atoms. The fourth-order valence-corrected chi connectivity index (χ4v) is 2.35. The molecule has 0 unspecified atom stereocenters. The SMILES string of the molecule is O=C(COc1ccc(C(=O)c2ccccc2)cc1)NCc1ccccn1. The first-order valence-corrected chi connectivity index (χ1v) is 8.21. The molecule has 5 heteroatoms. The van der Waals surface area contributed by atoms with Gasteiger partial charge in [-0.25, -0.2) is 0 Å². The van der Waals surface area contributed by atoms with E-state index in [4.69, 9.17) is 4.74 Å². The van der Waals surface area contributed by atoms with Crippen LogP contribution in [0.1, 0.15) is 21.6 Å². The van der Waals surface area contributed by atoms with E-state index in [2.05, 4.69) is 10.3 Å². The predicted molar refractivity (Wildman–Crippen MR) is 97.9 cm³/mol. The molecule has 0 saturated heterocycles. The molecule has 0 aliphatic heterocycles. The van der Waals surface area contributed by atoms with Gasteiger partial charge in [0, 0.05) is 17.3 Å². The van der Waals surface area contributed by atoms with Crippen LogP contribution in [0.3, 0.4) is 0 Å². The summed E-state index contributed by atoms with van der Waals surface area (Å²) in [7, 11) is 0. The van der Waals surface area contributed by atoms with Gasteiger partial charge in [-0.15, -0.1) is 0 Å². The number of pyridine rings is 1. The molecule has 0 aliphatic carbocycles. The number of nitrogens with one attached hydrogen (secondary N) is 1. The van der Waals surface area contributed by atoms with Crippen LogP contribution in [0.5, 0.6) is 5.75 Å². The lowest BCUT2D eigenvalue weighted by atomic mass is 10.0. The number of rotatable bonds is 7. The Bertz CT molecular complexity index is 863. The van der Waals surface area contributed by atoms with Crippen LogP contribution in [0.2, 0.25) is 0 Å². The minimum absolute atomic E-state index is 0.0507. The second kappa shape index (κ2) is 8.58. The van der Waals surface area contributed by atoms with E-state index in [9.17, 15) is 9.59 Å². The van der Waals surface area contributed by atoms with E-state index >= 15 is 0 Å². The normalized spacial score (nSPS) is 10.2. The number of aromatic nitrogens is 1. The zero-order chi connectivity index (χ0) is 18.2. The molecule has 1 aromatic heterocycles. The van der Waals surface area contributed by atoms with Gasteiger partial charge in [0.2, 0.25) is 0 Å². The third-order valence-electron chi connectivity index (χ3n) is 3.72. The number of ether oxygens (including phenoxy) is 1. The fourth-order valence-electron chi connectivity index (χ4n) is 2.35. The van der Waals surface area contributed by atoms with E-state index in [1.807, 2.05) is 36.4 Å². The zero-order valence-corrected chi connectivity index (χ0v) is 14.1. The topological polar surface area (TPSA) is 68.3 Å². The van der Waals surface area contributed by atoms with Crippen LogP contribution in [-0.4, -0.2) is 23.3 Å². The Kier molecular flexibility index (Phi) is 5.72. The van der Waals surface area contributed by atoms with Crippen molar-refractivity contribution < 1.29 is 14.3 Å². The van der Waals surface area contributed by atoms with Crippen molar-refractivity contribution in [3.8, 4) is 5.75 Å². The lowest BCUT2D eigenvalue weighted by Crippen LogP contribution is -2.28. The fraction of sp³-hybridized carbons (Fsp3) is 0.0952. The highest BCUT2D eigenvalue weighted by atomic mass is 16.5. The van der Waals surface area contributed by atoms with Crippen molar-refractivity contribution in [2.45, 2.75) is 6.54 Å². The Hall–Kier alpha value is -3.47. The number of hydrogen-bond donors (Lipinski definition) is 1. The Morgan fingerprint density at radius 1 is 0.846 bits per heavy atom. The van der Waals surface area contributed by atoms with E-state index in [1.165, 1.54) is 0 Å². The molecular weight excluding hydrogens is 328 g/mol. The van der Waals surface area contributed by atoms with Gasteiger partial charge in [0.1, 0.15) is 5.75 Å². The quantitative estimate of drug-likeness (QED) is 0.668. The standard InChI is InChI=1S/C21H18N2O3/c24-20(23-14-18-8-4-5-13-22-18)15-26-19-11-9-17(10-12-19)21(25)16-6-2-1-3-7-16/h1-13H,14-15H2,(H,23,24). The van der Waals surface area contributed by atoms with Crippen LogP contribution < -0.4 is 10.1 Å². The van der Waals surface area contributed by atoms with Gasteiger partial charge >= 0.3 is 0 Å². The lowest BCUT2D eigenvalue weighted by Gasteiger charge is -2.08. The summed E-state index contributed by atoms with van der Waals surface area (Å²) >= 11 is 0. The summed E-state index contributed by atoms with van der Waals surface area (Å²) < 4.78 is 5.45. The molecule has 0 aliphatic rings. The van der Waals surface area contributed by atoms with Crippen molar-refractivity contribution in [2.75, 3.05) is 6.61 Å². The summed E-state index contributed by atoms with van der Waals surface area (Å²) in [5.74, 6) is 0.243. The minimum atomic E-state index is -0.236. The molecule has 3 rings (SSSR count). The summed E-state index contributed by atoms with van der Waals surface area (Å²) in [6, 6.07) is 21.3. The monoisotopic (exact) mass is 346 g/mol. The highest BCUT2D eigenvalue weighted by molar-refractivity contribution is 6.08. The molecule has 0 spiro atoms. The smallest absolute Gasteiger partial charge is 0.258 e. The van der Waals surface area contributed by atoms with E-state index < -0.39 is 0 Å². The van der Waals surface area contributed by atoms with Gasteiger partial charge in [-0.3, -0.25) is 14.6 Å². The third-order valence-corrected chi connectivity index (χ3v) is 3.72. The van der Waals surface area contributed by atoms with Crippen LogP contribution in [-0.2, 0) is 11.3 Å². The number of carbonyl (C=O) groups is 2. The van der Waals surface area contributed by atoms with Gasteiger partial charge in [-0.1, -0.05) is 36.4 Å². The number of hydrogen-bond acceptors (Lipinski definition) is 4. The molecule has 26 heavy (non-hydrogen) atoms. The average molecular weight is 346 g/mol. The van der Waals surface area contributed by atoms with Crippen LogP contribution in [0, 0.1) is 0 Å². The Labute approximate surface area is 151 Å². The van der Waals surface area contributed by atoms with Crippen molar-refractivity contribution in [1.29, 1.82) is 0 Å². The Balaban J connectivity index is 1.50. The molecular formula is C21H18N2O3. The van der Waals surface area contributed by atoms with Crippen molar-refractivity contribution >= 4 is 11.7 Å². The van der Waals surface area contributed by atoms with Gasteiger partial charge in [0.15, 0.2) is 12.4 Å². The summed E-state index contributed by atoms with van der Waals surface area (Å²) in [4.78, 5) is 28.3.